The molecule has 0 aliphatic heterocycles. The van der Waals surface area contributed by atoms with Crippen molar-refractivity contribution < 1.29 is 14.1 Å². The highest BCUT2D eigenvalue weighted by molar-refractivity contribution is 9.12. The predicted octanol–water partition coefficient (Wildman–Crippen LogP) is 3.81. The lowest BCUT2D eigenvalue weighted by atomic mass is 10.1. The van der Waals surface area contributed by atoms with Crippen LogP contribution in [-0.2, 0) is 0 Å². The van der Waals surface area contributed by atoms with Gasteiger partial charge in [0.05, 0.1) is 15.7 Å². The molecule has 0 atom stereocenters. The minimum atomic E-state index is -0.476. The second kappa shape index (κ2) is 5.62. The number of rotatable bonds is 4. The van der Waals surface area contributed by atoms with E-state index >= 15 is 0 Å². The number of nitro benzene ring substituents is 1. The number of hydrogen-bond donors (Lipinski definition) is 0. The maximum absolute atomic E-state index is 11.9. The van der Waals surface area contributed by atoms with Gasteiger partial charge in [-0.15, -0.1) is 0 Å². The third kappa shape index (κ3) is 3.17. The highest BCUT2D eigenvalue weighted by Gasteiger charge is 2.12. The molecule has 5 nitrogen and oxygen atoms in total. The topological polar surface area (TPSA) is 73.3 Å². The summed E-state index contributed by atoms with van der Waals surface area (Å²) in [6.07, 6.45) is 2.99. The summed E-state index contributed by atoms with van der Waals surface area (Å²) in [6, 6.07) is 9.07. The lowest BCUT2D eigenvalue weighted by Crippen LogP contribution is -1.96. The van der Waals surface area contributed by atoms with Gasteiger partial charge in [0, 0.05) is 12.1 Å². The third-order valence-electron chi connectivity index (χ3n) is 2.36. The molecular formula is C13H8BrNO4. The minimum Gasteiger partial charge on any atom is -0.461 e. The first-order chi connectivity index (χ1) is 9.08. The van der Waals surface area contributed by atoms with Gasteiger partial charge >= 0.3 is 0 Å². The molecule has 0 amide bonds. The highest BCUT2D eigenvalue weighted by Crippen LogP contribution is 2.20. The van der Waals surface area contributed by atoms with Gasteiger partial charge in [0.2, 0.25) is 5.78 Å². The summed E-state index contributed by atoms with van der Waals surface area (Å²) >= 11 is 3.17. The molecule has 0 N–H and O–H groups in total. The molecule has 0 aliphatic carbocycles. The molecule has 0 unspecified atom stereocenters. The third-order valence-corrected chi connectivity index (χ3v) is 2.95. The first-order valence-electron chi connectivity index (χ1n) is 5.28. The summed E-state index contributed by atoms with van der Waals surface area (Å²) in [7, 11) is 0. The molecule has 6 heteroatoms. The predicted molar refractivity (Wildman–Crippen MR) is 73.0 cm³/mol. The van der Waals surface area contributed by atoms with Crippen LogP contribution in [0.4, 0.5) is 5.69 Å². The summed E-state index contributed by atoms with van der Waals surface area (Å²) in [5.41, 5.74) is 0.683. The molecule has 1 heterocycles. The van der Waals surface area contributed by atoms with Gasteiger partial charge in [-0.2, -0.15) is 0 Å². The zero-order chi connectivity index (χ0) is 13.8. The van der Waals surface area contributed by atoms with Gasteiger partial charge in [0.15, 0.2) is 5.76 Å². The number of non-ortho nitro benzene ring substituents is 1. The monoisotopic (exact) mass is 321 g/mol. The number of furan rings is 1. The molecule has 0 saturated carbocycles. The van der Waals surface area contributed by atoms with Crippen molar-refractivity contribution >= 4 is 33.5 Å². The Morgan fingerprint density at radius 2 is 1.95 bits per heavy atom. The van der Waals surface area contributed by atoms with E-state index in [1.807, 2.05) is 0 Å². The molecule has 1 aromatic carbocycles. The van der Waals surface area contributed by atoms with E-state index in [9.17, 15) is 14.9 Å². The minimum absolute atomic E-state index is 0.00522. The molecular weight excluding hydrogens is 314 g/mol. The van der Waals surface area contributed by atoms with Crippen LogP contribution in [0, 0.1) is 10.1 Å². The Labute approximate surface area is 116 Å². The van der Waals surface area contributed by atoms with Gasteiger partial charge in [-0.25, -0.2) is 0 Å². The highest BCUT2D eigenvalue weighted by atomic mass is 79.9. The second-order valence-corrected chi connectivity index (χ2v) is 4.50. The van der Waals surface area contributed by atoms with E-state index in [1.165, 1.54) is 18.4 Å². The first kappa shape index (κ1) is 13.2. The van der Waals surface area contributed by atoms with Crippen molar-refractivity contribution in [1.29, 1.82) is 0 Å². The van der Waals surface area contributed by atoms with Gasteiger partial charge < -0.3 is 4.42 Å². The van der Waals surface area contributed by atoms with E-state index in [0.29, 0.717) is 10.0 Å². The smallest absolute Gasteiger partial charge is 0.269 e. The second-order valence-electron chi connectivity index (χ2n) is 3.65. The van der Waals surface area contributed by atoms with Gasteiger partial charge in [-0.05, 0) is 51.8 Å². The molecule has 0 fully saturated rings. The van der Waals surface area contributed by atoms with Crippen LogP contribution >= 0.6 is 15.9 Å². The molecule has 0 bridgehead atoms. The van der Waals surface area contributed by atoms with Gasteiger partial charge in [-0.1, -0.05) is 0 Å². The average molecular weight is 322 g/mol. The Balaban J connectivity index is 2.21. The molecule has 96 valence electrons. The zero-order valence-corrected chi connectivity index (χ0v) is 11.2. The maximum Gasteiger partial charge on any atom is 0.269 e. The van der Waals surface area contributed by atoms with Crippen molar-refractivity contribution in [1.82, 2.24) is 0 Å². The van der Waals surface area contributed by atoms with E-state index in [2.05, 4.69) is 15.9 Å². The van der Waals surface area contributed by atoms with E-state index in [1.54, 1.807) is 30.3 Å². The Morgan fingerprint density at radius 3 is 2.47 bits per heavy atom. The van der Waals surface area contributed by atoms with Crippen molar-refractivity contribution in [3.63, 3.8) is 0 Å². The maximum atomic E-state index is 11.9. The van der Waals surface area contributed by atoms with Crippen LogP contribution in [0.3, 0.4) is 0 Å². The van der Waals surface area contributed by atoms with Crippen molar-refractivity contribution in [3.05, 3.63) is 68.6 Å². The average Bonchev–Trinajstić information content (AvgIpc) is 2.92. The van der Waals surface area contributed by atoms with Crippen LogP contribution in [0.15, 0.2) is 51.6 Å². The van der Waals surface area contributed by atoms with E-state index in [0.717, 1.165) is 0 Å². The molecule has 0 radical (unpaired) electrons. The number of Topliss-reactive ketones (excluding diaryl/α,β-unsaturated/α-hetero) is 1. The van der Waals surface area contributed by atoms with Crippen LogP contribution in [-0.4, -0.2) is 10.7 Å². The lowest BCUT2D eigenvalue weighted by molar-refractivity contribution is -0.384. The number of carbonyl (C=O) groups excluding carboxylic acids is 1. The Bertz CT molecular complexity index is 629. The van der Waals surface area contributed by atoms with Crippen molar-refractivity contribution in [2.75, 3.05) is 0 Å². The fourth-order valence-electron chi connectivity index (χ4n) is 1.43. The number of allylic oxidation sites excluding steroid dienone is 1. The van der Waals surface area contributed by atoms with Crippen LogP contribution in [0.2, 0.25) is 0 Å². The van der Waals surface area contributed by atoms with Crippen LogP contribution < -0.4 is 0 Å². The zero-order valence-electron chi connectivity index (χ0n) is 9.58. The SMILES string of the molecule is O=C(C(Br)=Cc1ccc([N+](=O)[O-])cc1)c1ccco1. The normalized spacial score (nSPS) is 11.3. The van der Waals surface area contributed by atoms with Crippen LogP contribution in [0.5, 0.6) is 0 Å². The molecule has 2 rings (SSSR count). The van der Waals surface area contributed by atoms with Gasteiger partial charge in [0.25, 0.3) is 5.69 Å². The number of halogens is 1. The summed E-state index contributed by atoms with van der Waals surface area (Å²) in [6.45, 7) is 0. The quantitative estimate of drug-likeness (QED) is 0.371. The van der Waals surface area contributed by atoms with Crippen LogP contribution in [0.1, 0.15) is 16.1 Å². The summed E-state index contributed by atoms with van der Waals surface area (Å²) < 4.78 is 5.31. The van der Waals surface area contributed by atoms with Crippen molar-refractivity contribution in [2.24, 2.45) is 0 Å². The molecule has 2 aromatic rings. The molecule has 0 saturated heterocycles. The molecule has 0 spiro atoms. The van der Waals surface area contributed by atoms with Gasteiger partial charge in [0.1, 0.15) is 0 Å². The molecule has 19 heavy (non-hydrogen) atoms. The lowest BCUT2D eigenvalue weighted by Gasteiger charge is -1.97. The van der Waals surface area contributed by atoms with Crippen molar-refractivity contribution in [2.45, 2.75) is 0 Å². The standard InChI is InChI=1S/C13H8BrNO4/c14-11(13(16)12-2-1-7-19-12)8-9-3-5-10(6-4-9)15(17)18/h1-8H. The van der Waals surface area contributed by atoms with E-state index in [4.69, 9.17) is 4.42 Å². The summed E-state index contributed by atoms with van der Waals surface area (Å²) in [5, 5.41) is 10.5. The Morgan fingerprint density at radius 1 is 1.26 bits per heavy atom. The first-order valence-corrected chi connectivity index (χ1v) is 6.07. The van der Waals surface area contributed by atoms with Crippen LogP contribution in [0.25, 0.3) is 6.08 Å². The number of nitro groups is 1. The number of nitrogens with zero attached hydrogens (tertiary/aromatic N) is 1. The fourth-order valence-corrected chi connectivity index (χ4v) is 1.89. The summed E-state index contributed by atoms with van der Waals surface area (Å²) in [5.74, 6) is -0.0617. The van der Waals surface area contributed by atoms with Gasteiger partial charge in [-0.3, -0.25) is 14.9 Å². The Kier molecular flexibility index (Phi) is 3.91. The number of benzene rings is 1. The number of carbonyl (C=O) groups is 1. The number of hydrogen-bond acceptors (Lipinski definition) is 4. The van der Waals surface area contributed by atoms with Crippen molar-refractivity contribution in [3.8, 4) is 0 Å². The van der Waals surface area contributed by atoms with E-state index < -0.39 is 4.92 Å². The fraction of sp³-hybridized carbons (Fsp3) is 0. The molecule has 0 aliphatic rings. The Hall–Kier alpha value is -2.21. The molecule has 1 aromatic heterocycles. The summed E-state index contributed by atoms with van der Waals surface area (Å²) in [4.78, 5) is 21.9. The largest absolute Gasteiger partial charge is 0.461 e. The van der Waals surface area contributed by atoms with E-state index in [-0.39, 0.29) is 17.2 Å². The number of ketones is 1.